The van der Waals surface area contributed by atoms with Crippen molar-refractivity contribution >= 4 is 11.4 Å². The number of hydrogen-bond donors (Lipinski definition) is 0. The van der Waals surface area contributed by atoms with Crippen LogP contribution in [0.2, 0.25) is 10.8 Å². The first-order valence-electron chi connectivity index (χ1n) is 20.6. The summed E-state index contributed by atoms with van der Waals surface area (Å²) >= 11 is 2.01. The number of rotatable bonds is 26. The molecule has 0 N–H and O–H groups in total. The Kier molecular flexibility index (Phi) is 24.4. The second-order valence-corrected chi connectivity index (χ2v) is 15.5. The maximum atomic E-state index is 11.4. The largest absolute Gasteiger partial charge is 0.493 e. The van der Waals surface area contributed by atoms with Crippen LogP contribution in [0.3, 0.4) is 0 Å². The van der Waals surface area contributed by atoms with Crippen LogP contribution in [0, 0.1) is 0 Å². The molecule has 2 aromatic carbocycles. The molecule has 2 aromatic rings. The summed E-state index contributed by atoms with van der Waals surface area (Å²) in [7, 11) is 0. The van der Waals surface area contributed by atoms with Crippen molar-refractivity contribution in [3.63, 3.8) is 0 Å². The van der Waals surface area contributed by atoms with E-state index in [1.165, 1.54) is 153 Å². The van der Waals surface area contributed by atoms with E-state index in [1.807, 2.05) is 14.4 Å². The standard InChI is InChI=1S/C28H36N2.2C9H19.Ni/c1-5-9-12-21-16-18-23(19-17-21)27-25(7-3)26(8-4)28(30(27)29)24-15-11-14-22(20-24)13-10-6-2;2*1-3-5-7-9-8-6-4-2;/h11,14-20H,5-10,12-13H2,1-4H3;2*1,3-9H2,2H3;. The van der Waals surface area contributed by atoms with Crippen LogP contribution < -0.4 is 0 Å². The third-order valence-electron chi connectivity index (χ3n) is 9.79. The van der Waals surface area contributed by atoms with Gasteiger partial charge >= 0.3 is 129 Å². The molecule has 0 amide bonds. The molecular weight excluding hydrogens is 639 g/mol. The Hall–Kier alpha value is -1.99. The summed E-state index contributed by atoms with van der Waals surface area (Å²) in [6.07, 6.45) is 29.1. The topological polar surface area (TPSA) is 25.3 Å². The van der Waals surface area contributed by atoms with Crippen LogP contribution >= 0.6 is 0 Å². The van der Waals surface area contributed by atoms with Crippen LogP contribution in [0.5, 0.6) is 0 Å². The minimum absolute atomic E-state index is 0.909. The normalized spacial score (nSPS) is 13.1. The molecule has 3 rings (SSSR count). The quantitative estimate of drug-likeness (QED) is 0.0527. The zero-order valence-corrected chi connectivity index (χ0v) is 33.8. The van der Waals surface area contributed by atoms with Crippen molar-refractivity contribution in [2.24, 2.45) is 0 Å². The fourth-order valence-electron chi connectivity index (χ4n) is 6.78. The van der Waals surface area contributed by atoms with Crippen LogP contribution in [-0.2, 0) is 27.3 Å². The van der Waals surface area contributed by atoms with E-state index in [0.717, 1.165) is 48.2 Å². The monoisotopic (exact) mass is 713 g/mol. The van der Waals surface area contributed by atoms with Crippen molar-refractivity contribution in [1.29, 1.82) is 0 Å². The van der Waals surface area contributed by atoms with Gasteiger partial charge in [-0.1, -0.05) is 64.8 Å². The Balaban J connectivity index is 0.000000381. The molecule has 1 aliphatic heterocycles. The number of hydrogen-bond acceptors (Lipinski definition) is 0. The smallest absolute Gasteiger partial charge is 0.211 e. The van der Waals surface area contributed by atoms with Gasteiger partial charge in [0.1, 0.15) is 0 Å². The Bertz CT molecular complexity index is 1210. The molecule has 2 nitrogen and oxygen atoms in total. The first-order chi connectivity index (χ1) is 24.1. The van der Waals surface area contributed by atoms with Gasteiger partial charge in [-0.25, -0.2) is 4.70 Å². The Morgan fingerprint density at radius 1 is 0.469 bits per heavy atom. The van der Waals surface area contributed by atoms with Crippen LogP contribution in [0.25, 0.3) is 16.9 Å². The van der Waals surface area contributed by atoms with Crippen molar-refractivity contribution in [3.05, 3.63) is 87.5 Å². The van der Waals surface area contributed by atoms with E-state index >= 15 is 0 Å². The van der Waals surface area contributed by atoms with Gasteiger partial charge in [0, 0.05) is 22.3 Å². The first-order valence-corrected chi connectivity index (χ1v) is 22.0. The zero-order chi connectivity index (χ0) is 35.5. The molecule has 0 fully saturated rings. The van der Waals surface area contributed by atoms with E-state index in [-0.39, 0.29) is 0 Å². The van der Waals surface area contributed by atoms with E-state index < -0.39 is 0 Å². The average molecular weight is 714 g/mol. The molecule has 0 saturated heterocycles. The maximum Gasteiger partial charge on any atom is 0.211 e. The van der Waals surface area contributed by atoms with Gasteiger partial charge in [0.2, 0.25) is 11.4 Å². The summed E-state index contributed by atoms with van der Waals surface area (Å²) in [6, 6.07) is 17.5. The van der Waals surface area contributed by atoms with Crippen molar-refractivity contribution in [2.45, 2.75) is 194 Å². The van der Waals surface area contributed by atoms with Gasteiger partial charge in [0.15, 0.2) is 0 Å². The van der Waals surface area contributed by atoms with E-state index in [0.29, 0.717) is 0 Å². The van der Waals surface area contributed by atoms with Gasteiger partial charge in [0.05, 0.1) is 0 Å². The van der Waals surface area contributed by atoms with E-state index in [9.17, 15) is 5.53 Å². The summed E-state index contributed by atoms with van der Waals surface area (Å²) in [6.45, 7) is 13.4. The first kappa shape index (κ1) is 43.2. The second kappa shape index (κ2) is 27.7. The molecule has 0 spiro atoms. The molecule has 0 unspecified atom stereocenters. The Morgan fingerprint density at radius 3 is 1.41 bits per heavy atom. The minimum Gasteiger partial charge on any atom is -0.493 e. The zero-order valence-electron chi connectivity index (χ0n) is 32.8. The number of unbranched alkanes of at least 4 members (excludes halogenated alkanes) is 14. The summed E-state index contributed by atoms with van der Waals surface area (Å²) in [5.74, 6) is 0. The van der Waals surface area contributed by atoms with Crippen molar-refractivity contribution in [1.82, 2.24) is 0 Å². The molecule has 0 bridgehead atoms. The van der Waals surface area contributed by atoms with Gasteiger partial charge in [0.25, 0.3) is 0 Å². The van der Waals surface area contributed by atoms with E-state index in [4.69, 9.17) is 0 Å². The van der Waals surface area contributed by atoms with Crippen LogP contribution in [0.4, 0.5) is 0 Å². The number of nitrogens with zero attached hydrogens (tertiary/aromatic N) is 2. The van der Waals surface area contributed by atoms with Crippen molar-refractivity contribution in [2.75, 3.05) is 0 Å². The molecule has 0 radical (unpaired) electrons. The molecule has 1 heterocycles. The van der Waals surface area contributed by atoms with Gasteiger partial charge in [-0.3, -0.25) is 0 Å². The van der Waals surface area contributed by atoms with Gasteiger partial charge in [-0.2, -0.15) is 0 Å². The molecule has 3 heteroatoms. The van der Waals surface area contributed by atoms with Crippen LogP contribution in [0.15, 0.2) is 59.7 Å². The summed E-state index contributed by atoms with van der Waals surface area (Å²) in [5.41, 5.74) is 20.7. The fourth-order valence-corrected chi connectivity index (χ4v) is 8.02. The third kappa shape index (κ3) is 16.3. The second-order valence-electron chi connectivity index (χ2n) is 14.0. The van der Waals surface area contributed by atoms with Gasteiger partial charge in [-0.05, 0) is 73.9 Å². The summed E-state index contributed by atoms with van der Waals surface area (Å²) in [4.78, 5) is 0. The predicted molar refractivity (Wildman–Crippen MR) is 214 cm³/mol. The van der Waals surface area contributed by atoms with Gasteiger partial charge in [-0.15, -0.1) is 0 Å². The number of benzene rings is 2. The maximum absolute atomic E-state index is 11.4. The van der Waals surface area contributed by atoms with Crippen molar-refractivity contribution in [3.8, 4) is 0 Å². The SMILES string of the molecule is CCCCCCCC[CH2][Ni][CH2]CCCCCCCC.CCCCc1ccc(C2=C(CC)C(CC)=C(c3cccc(CCCC)c3)[N+]2=[N-])cc1. The molecule has 0 aromatic heterocycles. The number of aryl methyl sites for hydroxylation is 2. The molecule has 0 atom stereocenters. The molecule has 278 valence electrons. The average Bonchev–Trinajstić information content (AvgIpc) is 3.42. The molecular formula is C46H74N2Ni. The predicted octanol–water partition coefficient (Wildman–Crippen LogP) is 15.8. The van der Waals surface area contributed by atoms with E-state index in [2.05, 4.69) is 90.1 Å². The Morgan fingerprint density at radius 2 is 0.918 bits per heavy atom. The number of allylic oxidation sites excluding steroid dienone is 2. The summed E-state index contributed by atoms with van der Waals surface area (Å²) < 4.78 is 1.46. The third-order valence-corrected chi connectivity index (χ3v) is 11.2. The molecule has 0 aliphatic carbocycles. The van der Waals surface area contributed by atoms with Crippen LogP contribution in [0.1, 0.15) is 192 Å². The van der Waals surface area contributed by atoms with Crippen LogP contribution in [-0.4, -0.2) is 4.70 Å². The van der Waals surface area contributed by atoms with Gasteiger partial charge < -0.3 is 5.53 Å². The molecule has 49 heavy (non-hydrogen) atoms. The minimum atomic E-state index is 0.909. The molecule has 0 saturated carbocycles. The van der Waals surface area contributed by atoms with E-state index in [1.54, 1.807) is 0 Å². The summed E-state index contributed by atoms with van der Waals surface area (Å²) in [5, 5.41) is 2.85. The Labute approximate surface area is 310 Å². The fraction of sp³-hybridized carbons (Fsp3) is 0.652. The molecule has 1 aliphatic rings. The van der Waals surface area contributed by atoms with Crippen molar-refractivity contribution < 1.29 is 19.1 Å².